The number of allylic oxidation sites excluding steroid dienone is 2. The van der Waals surface area contributed by atoms with Gasteiger partial charge in [0.2, 0.25) is 5.91 Å². The molecule has 0 unspecified atom stereocenters. The van der Waals surface area contributed by atoms with Crippen molar-refractivity contribution < 1.29 is 24.5 Å². The highest BCUT2D eigenvalue weighted by Crippen LogP contribution is 2.55. The van der Waals surface area contributed by atoms with Crippen molar-refractivity contribution in [1.82, 2.24) is 0 Å². The Morgan fingerprint density at radius 2 is 1.92 bits per heavy atom. The first-order valence-corrected chi connectivity index (χ1v) is 12.4. The van der Waals surface area contributed by atoms with E-state index in [1.165, 1.54) is 6.07 Å². The van der Waals surface area contributed by atoms with Crippen LogP contribution in [-0.2, 0) is 11.2 Å². The van der Waals surface area contributed by atoms with Crippen molar-refractivity contribution in [1.29, 1.82) is 0 Å². The molecular formula is C31H31NO5. The van der Waals surface area contributed by atoms with E-state index in [1.54, 1.807) is 20.1 Å². The maximum atomic E-state index is 14.0. The number of benzene rings is 2. The zero-order valence-corrected chi connectivity index (χ0v) is 21.4. The molecule has 2 aromatic carbocycles. The Balaban J connectivity index is 1.71. The first kappa shape index (κ1) is 24.8. The smallest absolute Gasteiger partial charge is 0.249 e. The van der Waals surface area contributed by atoms with Gasteiger partial charge in [0, 0.05) is 22.6 Å². The molecule has 3 atom stereocenters. The van der Waals surface area contributed by atoms with E-state index in [2.05, 4.69) is 13.2 Å². The summed E-state index contributed by atoms with van der Waals surface area (Å²) in [6, 6.07) is 9.09. The number of primary amides is 1. The lowest BCUT2D eigenvalue weighted by atomic mass is 9.56. The molecular weight excluding hydrogens is 466 g/mol. The van der Waals surface area contributed by atoms with Crippen LogP contribution in [0, 0.1) is 11.8 Å². The number of Topliss-reactive ketones (excluding diaryl/α,β-unsaturated/α-hetero) is 1. The topological polar surface area (TPSA) is 110 Å². The van der Waals surface area contributed by atoms with Crippen LogP contribution in [0.5, 0.6) is 11.5 Å². The van der Waals surface area contributed by atoms with Gasteiger partial charge in [-0.15, -0.1) is 0 Å². The summed E-state index contributed by atoms with van der Waals surface area (Å²) in [6.07, 6.45) is 3.29. The molecule has 6 nitrogen and oxygen atoms in total. The molecule has 0 aromatic heterocycles. The quantitative estimate of drug-likeness (QED) is 0.557. The Labute approximate surface area is 216 Å². The molecule has 0 spiro atoms. The molecule has 3 aliphatic carbocycles. The van der Waals surface area contributed by atoms with Crippen molar-refractivity contribution in [3.8, 4) is 22.6 Å². The highest BCUT2D eigenvalue weighted by Gasteiger charge is 2.53. The van der Waals surface area contributed by atoms with Crippen LogP contribution in [0.1, 0.15) is 48.2 Å². The summed E-state index contributed by atoms with van der Waals surface area (Å²) in [5.74, 6) is -0.793. The summed E-state index contributed by atoms with van der Waals surface area (Å²) in [4.78, 5) is 26.2. The lowest BCUT2D eigenvalue weighted by molar-refractivity contribution is -0.114. The number of phenolic OH excluding ortho intramolecular Hbond substituents is 1. The number of ether oxygens (including phenoxy) is 1. The average Bonchev–Trinajstić information content (AvgIpc) is 2.85. The number of amides is 1. The van der Waals surface area contributed by atoms with Crippen LogP contribution >= 0.6 is 0 Å². The Bertz CT molecular complexity index is 1480. The number of aliphatic hydroxyl groups is 1. The predicted octanol–water partition coefficient (Wildman–Crippen LogP) is 4.90. The van der Waals surface area contributed by atoms with Gasteiger partial charge in [-0.05, 0) is 85.1 Å². The zero-order valence-electron chi connectivity index (χ0n) is 21.4. The Morgan fingerprint density at radius 3 is 2.57 bits per heavy atom. The van der Waals surface area contributed by atoms with Crippen molar-refractivity contribution in [3.63, 3.8) is 0 Å². The van der Waals surface area contributed by atoms with Gasteiger partial charge >= 0.3 is 0 Å². The maximum absolute atomic E-state index is 14.0. The van der Waals surface area contributed by atoms with Crippen LogP contribution in [0.15, 0.2) is 71.4 Å². The number of hydrogen-bond acceptors (Lipinski definition) is 5. The Hall–Kier alpha value is -3.90. The van der Waals surface area contributed by atoms with Gasteiger partial charge in [0.05, 0.1) is 12.7 Å². The molecule has 6 heteroatoms. The lowest BCUT2D eigenvalue weighted by Crippen LogP contribution is -2.51. The minimum Gasteiger partial charge on any atom is -0.507 e. The number of methoxy groups -OCH3 is 1. The van der Waals surface area contributed by atoms with Gasteiger partial charge in [-0.1, -0.05) is 36.9 Å². The molecule has 0 bridgehead atoms. The average molecular weight is 498 g/mol. The number of ketones is 1. The molecule has 4 N–H and O–H groups in total. The van der Waals surface area contributed by atoms with Crippen LogP contribution < -0.4 is 10.5 Å². The normalized spacial score (nSPS) is 24.9. The standard InChI is InChI=1S/C31H31NO5/c1-6-18-7-10-25(37-5)22(12-18)21-8-9-24(33)28-23(21)14-19-13-20-11-15(2)26(30(32)35)16(3)31(20,36)17(4)27(19)29(28)34/h6-10,12,19-20,33,36H,1,3,11,13-14H2,2,4-5H3,(H2,32,35)/t19-,20-,31-/m1/s1. The van der Waals surface area contributed by atoms with E-state index < -0.39 is 11.5 Å². The van der Waals surface area contributed by atoms with Crippen LogP contribution in [0.25, 0.3) is 17.2 Å². The highest BCUT2D eigenvalue weighted by molar-refractivity contribution is 6.15. The molecule has 0 saturated heterocycles. The van der Waals surface area contributed by atoms with Crippen LogP contribution in [0.4, 0.5) is 0 Å². The van der Waals surface area contributed by atoms with Crippen LogP contribution in [0.3, 0.4) is 0 Å². The van der Waals surface area contributed by atoms with E-state index >= 15 is 0 Å². The lowest BCUT2D eigenvalue weighted by Gasteiger charge is -2.50. The molecule has 0 saturated carbocycles. The maximum Gasteiger partial charge on any atom is 0.249 e. The van der Waals surface area contributed by atoms with Crippen LogP contribution in [-0.4, -0.2) is 34.6 Å². The molecule has 0 radical (unpaired) electrons. The monoisotopic (exact) mass is 497 g/mol. The molecule has 5 rings (SSSR count). The van der Waals surface area contributed by atoms with Gasteiger partial charge in [0.15, 0.2) is 5.78 Å². The molecule has 2 aromatic rings. The second-order valence-corrected chi connectivity index (χ2v) is 10.3. The largest absolute Gasteiger partial charge is 0.507 e. The fraction of sp³-hybridized carbons (Fsp3) is 0.290. The van der Waals surface area contributed by atoms with E-state index in [1.807, 2.05) is 31.2 Å². The number of phenols is 1. The van der Waals surface area contributed by atoms with Crippen molar-refractivity contribution in [2.24, 2.45) is 17.6 Å². The molecule has 37 heavy (non-hydrogen) atoms. The van der Waals surface area contributed by atoms with Crippen molar-refractivity contribution in [2.75, 3.05) is 7.11 Å². The third-order valence-corrected chi connectivity index (χ3v) is 8.49. The van der Waals surface area contributed by atoms with Crippen LogP contribution in [0.2, 0.25) is 0 Å². The van der Waals surface area contributed by atoms with Crippen molar-refractivity contribution in [2.45, 2.75) is 38.7 Å². The van der Waals surface area contributed by atoms with Gasteiger partial charge in [0.1, 0.15) is 17.1 Å². The van der Waals surface area contributed by atoms with E-state index in [0.29, 0.717) is 36.2 Å². The first-order chi connectivity index (χ1) is 17.5. The molecule has 190 valence electrons. The summed E-state index contributed by atoms with van der Waals surface area (Å²) in [5, 5.41) is 22.8. The number of hydrogen-bond donors (Lipinski definition) is 3. The number of carbonyl (C=O) groups excluding carboxylic acids is 2. The summed E-state index contributed by atoms with van der Waals surface area (Å²) in [7, 11) is 1.60. The van der Waals surface area contributed by atoms with E-state index in [-0.39, 0.29) is 40.1 Å². The van der Waals surface area contributed by atoms with Gasteiger partial charge in [0.25, 0.3) is 0 Å². The SMILES string of the molecule is C=Cc1ccc(OC)c(-c2ccc(O)c3c2C[C@H]2C[C@H]4CC(C)=C(C(N)=O)C(=C)[C@@]4(O)C(C)=C2C3=O)c1. The molecule has 1 amide bonds. The van der Waals surface area contributed by atoms with Crippen molar-refractivity contribution in [3.05, 3.63) is 88.0 Å². The third-order valence-electron chi connectivity index (χ3n) is 8.49. The van der Waals surface area contributed by atoms with Gasteiger partial charge in [-0.2, -0.15) is 0 Å². The summed E-state index contributed by atoms with van der Waals surface area (Å²) >= 11 is 0. The third kappa shape index (κ3) is 3.43. The minimum atomic E-state index is -1.54. The zero-order chi connectivity index (χ0) is 26.8. The number of rotatable bonds is 4. The molecule has 0 fully saturated rings. The summed E-state index contributed by atoms with van der Waals surface area (Å²) < 4.78 is 5.63. The number of fused-ring (bicyclic) bond motifs is 3. The van der Waals surface area contributed by atoms with Gasteiger partial charge in [-0.3, -0.25) is 9.59 Å². The van der Waals surface area contributed by atoms with Gasteiger partial charge in [-0.25, -0.2) is 0 Å². The Morgan fingerprint density at radius 1 is 1.19 bits per heavy atom. The Kier molecular flexibility index (Phi) is 5.76. The second-order valence-electron chi connectivity index (χ2n) is 10.3. The van der Waals surface area contributed by atoms with Crippen molar-refractivity contribution >= 4 is 17.8 Å². The summed E-state index contributed by atoms with van der Waals surface area (Å²) in [6.45, 7) is 11.5. The minimum absolute atomic E-state index is 0.105. The highest BCUT2D eigenvalue weighted by atomic mass is 16.5. The second kappa shape index (κ2) is 8.60. The first-order valence-electron chi connectivity index (χ1n) is 12.4. The fourth-order valence-corrected chi connectivity index (χ4v) is 6.77. The number of carbonyl (C=O) groups is 2. The molecule has 0 aliphatic heterocycles. The summed E-state index contributed by atoms with van der Waals surface area (Å²) in [5.41, 5.74) is 9.89. The van der Waals surface area contributed by atoms with E-state index in [4.69, 9.17) is 10.5 Å². The number of aromatic hydroxyl groups is 1. The van der Waals surface area contributed by atoms with Gasteiger partial charge < -0.3 is 20.7 Å². The molecule has 0 heterocycles. The van der Waals surface area contributed by atoms with E-state index in [9.17, 15) is 19.8 Å². The van der Waals surface area contributed by atoms with E-state index in [0.717, 1.165) is 27.8 Å². The fourth-order valence-electron chi connectivity index (χ4n) is 6.77. The number of nitrogens with two attached hydrogens (primary N) is 1. The predicted molar refractivity (Wildman–Crippen MR) is 143 cm³/mol. The molecule has 3 aliphatic rings.